The lowest BCUT2D eigenvalue weighted by molar-refractivity contribution is 0.0231. The van der Waals surface area contributed by atoms with Crippen LogP contribution in [0.4, 0.5) is 4.79 Å². The molecule has 2 aliphatic rings. The van der Waals surface area contributed by atoms with E-state index in [1.165, 1.54) is 19.3 Å². The van der Waals surface area contributed by atoms with Crippen LogP contribution in [-0.4, -0.2) is 41.8 Å². The Morgan fingerprint density at radius 1 is 1.17 bits per heavy atom. The van der Waals surface area contributed by atoms with E-state index in [2.05, 4.69) is 19.2 Å². The van der Waals surface area contributed by atoms with Crippen LogP contribution < -0.4 is 5.32 Å². The van der Waals surface area contributed by atoms with Crippen molar-refractivity contribution >= 4 is 6.09 Å². The number of hydrogen-bond acceptors (Lipinski definition) is 3. The molecule has 1 amide bonds. The lowest BCUT2D eigenvalue weighted by Gasteiger charge is -2.33. The summed E-state index contributed by atoms with van der Waals surface area (Å²) < 4.78 is 5.54. The average Bonchev–Trinajstić information content (AvgIpc) is 3.23. The van der Waals surface area contributed by atoms with Gasteiger partial charge in [0.05, 0.1) is 0 Å². The Hall–Kier alpha value is -0.770. The van der Waals surface area contributed by atoms with Crippen LogP contribution in [0.25, 0.3) is 0 Å². The molecule has 134 valence electrons. The molecule has 0 aromatic rings. The molecule has 2 aliphatic carbocycles. The van der Waals surface area contributed by atoms with Crippen LogP contribution >= 0.6 is 0 Å². The first-order valence-electron chi connectivity index (χ1n) is 9.49. The van der Waals surface area contributed by atoms with Gasteiger partial charge in [-0.05, 0) is 77.7 Å². The third-order valence-electron chi connectivity index (χ3n) is 5.03. The van der Waals surface area contributed by atoms with Crippen LogP contribution in [0.15, 0.2) is 0 Å². The van der Waals surface area contributed by atoms with Crippen molar-refractivity contribution in [1.82, 2.24) is 10.2 Å². The van der Waals surface area contributed by atoms with E-state index in [4.69, 9.17) is 4.74 Å². The molecule has 4 heteroatoms. The molecule has 23 heavy (non-hydrogen) atoms. The van der Waals surface area contributed by atoms with Crippen molar-refractivity contribution in [3.63, 3.8) is 0 Å². The summed E-state index contributed by atoms with van der Waals surface area (Å²) in [6, 6.07) is 1.07. The van der Waals surface area contributed by atoms with Crippen molar-refractivity contribution in [3.8, 4) is 0 Å². The number of amides is 1. The molecule has 1 N–H and O–H groups in total. The zero-order valence-corrected chi connectivity index (χ0v) is 15.7. The van der Waals surface area contributed by atoms with Gasteiger partial charge in [0.2, 0.25) is 0 Å². The molecule has 4 nitrogen and oxygen atoms in total. The molecule has 3 unspecified atom stereocenters. The molecule has 0 saturated heterocycles. The number of carbonyl (C=O) groups excluding carboxylic acids is 1. The lowest BCUT2D eigenvalue weighted by Crippen LogP contribution is -2.42. The topological polar surface area (TPSA) is 41.6 Å². The van der Waals surface area contributed by atoms with Gasteiger partial charge in [0.15, 0.2) is 0 Å². The zero-order chi connectivity index (χ0) is 17.0. The molecule has 0 radical (unpaired) electrons. The molecular weight excluding hydrogens is 288 g/mol. The summed E-state index contributed by atoms with van der Waals surface area (Å²) in [5.41, 5.74) is -0.406. The molecule has 0 heterocycles. The second-order valence-corrected chi connectivity index (χ2v) is 8.71. The third-order valence-corrected chi connectivity index (χ3v) is 5.03. The normalized spacial score (nSPS) is 28.5. The van der Waals surface area contributed by atoms with Gasteiger partial charge >= 0.3 is 6.09 Å². The Labute approximate surface area is 142 Å². The summed E-state index contributed by atoms with van der Waals surface area (Å²) in [7, 11) is 0. The standard InChI is InChI=1S/C19H36N2O2/c1-14-7-10-17(15(2)13-14)20-11-6-12-21(16-8-9-16)18(22)23-19(3,4)5/h14-17,20H,6-13H2,1-5H3. The third kappa shape index (κ3) is 6.33. The molecule has 0 aromatic heterocycles. The van der Waals surface area contributed by atoms with Crippen LogP contribution in [0.3, 0.4) is 0 Å². The molecule has 2 fully saturated rings. The van der Waals surface area contributed by atoms with Crippen molar-refractivity contribution in [2.75, 3.05) is 13.1 Å². The molecular formula is C19H36N2O2. The molecule has 0 bridgehead atoms. The van der Waals surface area contributed by atoms with Gasteiger partial charge in [0.25, 0.3) is 0 Å². The highest BCUT2D eigenvalue weighted by molar-refractivity contribution is 5.69. The van der Waals surface area contributed by atoms with Crippen LogP contribution in [0.2, 0.25) is 0 Å². The SMILES string of the molecule is CC1CCC(NCCCN(C(=O)OC(C)(C)C)C2CC2)C(C)C1. The van der Waals surface area contributed by atoms with E-state index < -0.39 is 5.60 Å². The van der Waals surface area contributed by atoms with E-state index in [1.807, 2.05) is 25.7 Å². The minimum Gasteiger partial charge on any atom is -0.444 e. The molecule has 0 aromatic carbocycles. The van der Waals surface area contributed by atoms with Crippen molar-refractivity contribution in [2.45, 2.75) is 90.8 Å². The van der Waals surface area contributed by atoms with Crippen molar-refractivity contribution in [2.24, 2.45) is 11.8 Å². The summed E-state index contributed by atoms with van der Waals surface area (Å²) in [5, 5.41) is 3.72. The van der Waals surface area contributed by atoms with Gasteiger partial charge in [0.1, 0.15) is 5.60 Å². The Bertz CT molecular complexity index is 387. The summed E-state index contributed by atoms with van der Waals surface area (Å²) in [5.74, 6) is 1.64. The summed E-state index contributed by atoms with van der Waals surface area (Å²) >= 11 is 0. The minimum absolute atomic E-state index is 0.139. The smallest absolute Gasteiger partial charge is 0.410 e. The van der Waals surface area contributed by atoms with Crippen LogP contribution in [-0.2, 0) is 4.74 Å². The van der Waals surface area contributed by atoms with Crippen molar-refractivity contribution in [3.05, 3.63) is 0 Å². The Balaban J connectivity index is 1.69. The fourth-order valence-corrected chi connectivity index (χ4v) is 3.64. The van der Waals surface area contributed by atoms with Gasteiger partial charge in [-0.2, -0.15) is 0 Å². The number of hydrogen-bond donors (Lipinski definition) is 1. The quantitative estimate of drug-likeness (QED) is 0.745. The maximum Gasteiger partial charge on any atom is 0.410 e. The van der Waals surface area contributed by atoms with E-state index >= 15 is 0 Å². The minimum atomic E-state index is -0.406. The van der Waals surface area contributed by atoms with E-state index in [1.54, 1.807) is 0 Å². The van der Waals surface area contributed by atoms with Gasteiger partial charge in [0, 0.05) is 18.6 Å². The lowest BCUT2D eigenvalue weighted by atomic mass is 9.80. The van der Waals surface area contributed by atoms with Gasteiger partial charge in [-0.1, -0.05) is 13.8 Å². The summed E-state index contributed by atoms with van der Waals surface area (Å²) in [6.07, 6.45) is 7.10. The van der Waals surface area contributed by atoms with E-state index in [-0.39, 0.29) is 6.09 Å². The van der Waals surface area contributed by atoms with E-state index in [0.717, 1.165) is 44.2 Å². The van der Waals surface area contributed by atoms with Gasteiger partial charge in [-0.3, -0.25) is 0 Å². The first-order chi connectivity index (χ1) is 10.8. The molecule has 0 aliphatic heterocycles. The monoisotopic (exact) mass is 324 g/mol. The largest absolute Gasteiger partial charge is 0.444 e. The average molecular weight is 325 g/mol. The van der Waals surface area contributed by atoms with Gasteiger partial charge in [-0.15, -0.1) is 0 Å². The summed E-state index contributed by atoms with van der Waals surface area (Å²) in [4.78, 5) is 14.3. The van der Waals surface area contributed by atoms with Crippen molar-refractivity contribution in [1.29, 1.82) is 0 Å². The first-order valence-corrected chi connectivity index (χ1v) is 9.49. The van der Waals surface area contributed by atoms with Gasteiger partial charge in [-0.25, -0.2) is 4.79 Å². The van der Waals surface area contributed by atoms with Crippen LogP contribution in [0, 0.1) is 11.8 Å². The number of ether oxygens (including phenoxy) is 1. The zero-order valence-electron chi connectivity index (χ0n) is 15.7. The molecule has 0 spiro atoms. The second kappa shape index (κ2) is 7.87. The Kier molecular flexibility index (Phi) is 6.35. The van der Waals surface area contributed by atoms with Crippen LogP contribution in [0.1, 0.15) is 73.1 Å². The highest BCUT2D eigenvalue weighted by Gasteiger charge is 2.34. The number of nitrogens with one attached hydrogen (secondary N) is 1. The summed E-state index contributed by atoms with van der Waals surface area (Å²) in [6.45, 7) is 12.3. The predicted octanol–water partition coefficient (Wildman–Crippen LogP) is 4.19. The maximum atomic E-state index is 12.3. The number of nitrogens with zero attached hydrogens (tertiary/aromatic N) is 1. The van der Waals surface area contributed by atoms with E-state index in [9.17, 15) is 4.79 Å². The maximum absolute atomic E-state index is 12.3. The fourth-order valence-electron chi connectivity index (χ4n) is 3.64. The van der Waals surface area contributed by atoms with Crippen LogP contribution in [0.5, 0.6) is 0 Å². The second-order valence-electron chi connectivity index (χ2n) is 8.71. The Morgan fingerprint density at radius 3 is 2.43 bits per heavy atom. The molecule has 3 atom stereocenters. The number of rotatable bonds is 6. The number of carbonyl (C=O) groups is 1. The van der Waals surface area contributed by atoms with E-state index in [0.29, 0.717) is 12.1 Å². The fraction of sp³-hybridized carbons (Fsp3) is 0.947. The van der Waals surface area contributed by atoms with Gasteiger partial charge < -0.3 is 15.0 Å². The molecule has 2 rings (SSSR count). The highest BCUT2D eigenvalue weighted by atomic mass is 16.6. The predicted molar refractivity (Wildman–Crippen MR) is 94.5 cm³/mol. The van der Waals surface area contributed by atoms with Crippen molar-refractivity contribution < 1.29 is 9.53 Å². The molecule has 2 saturated carbocycles. The highest BCUT2D eigenvalue weighted by Crippen LogP contribution is 2.29. The first kappa shape index (κ1) is 18.6. The Morgan fingerprint density at radius 2 is 1.87 bits per heavy atom.